The van der Waals surface area contributed by atoms with Gasteiger partial charge in [0.1, 0.15) is 5.69 Å². The Labute approximate surface area is 113 Å². The Bertz CT molecular complexity index is 515. The maximum atomic E-state index is 10.9. The van der Waals surface area contributed by atoms with Crippen LogP contribution in [0, 0.1) is 5.41 Å². The largest absolute Gasteiger partial charge is 0.477 e. The van der Waals surface area contributed by atoms with Gasteiger partial charge < -0.3 is 10.0 Å². The fraction of sp³-hybridized carbons (Fsp3) is 0.467. The number of carboxylic acids is 1. The van der Waals surface area contributed by atoms with Gasteiger partial charge in [-0.2, -0.15) is 0 Å². The van der Waals surface area contributed by atoms with Crippen LogP contribution >= 0.6 is 0 Å². The molecule has 0 amide bonds. The molecule has 4 nitrogen and oxygen atoms in total. The number of nitrogens with zero attached hydrogens (tertiary/aromatic N) is 2. The number of carbonyl (C=O) groups is 1. The van der Waals surface area contributed by atoms with E-state index in [2.05, 4.69) is 36.7 Å². The number of anilines is 1. The average molecular weight is 260 g/mol. The minimum absolute atomic E-state index is 0.100. The van der Waals surface area contributed by atoms with Crippen LogP contribution in [0.25, 0.3) is 0 Å². The molecular formula is C15H20N2O2. The van der Waals surface area contributed by atoms with Gasteiger partial charge >= 0.3 is 5.97 Å². The van der Waals surface area contributed by atoms with Crippen molar-refractivity contribution in [2.75, 3.05) is 18.0 Å². The molecule has 19 heavy (non-hydrogen) atoms. The SMILES string of the molecule is CC(C)(C)C1=CCN(c2ccnc(C(=O)O)c2)CC1. The quantitative estimate of drug-likeness (QED) is 0.831. The molecule has 2 heterocycles. The van der Waals surface area contributed by atoms with Gasteiger partial charge in [0.2, 0.25) is 0 Å². The van der Waals surface area contributed by atoms with Gasteiger partial charge in [0.15, 0.2) is 0 Å². The highest BCUT2D eigenvalue weighted by Gasteiger charge is 2.21. The summed E-state index contributed by atoms with van der Waals surface area (Å²) in [7, 11) is 0. The van der Waals surface area contributed by atoms with E-state index in [0.717, 1.165) is 25.2 Å². The Hall–Kier alpha value is -1.84. The van der Waals surface area contributed by atoms with E-state index in [4.69, 9.17) is 5.11 Å². The molecule has 102 valence electrons. The van der Waals surface area contributed by atoms with Crippen LogP contribution in [0.4, 0.5) is 5.69 Å². The van der Waals surface area contributed by atoms with Crippen LogP contribution in [0.5, 0.6) is 0 Å². The number of pyridine rings is 1. The number of rotatable bonds is 2. The first-order valence-corrected chi connectivity index (χ1v) is 6.52. The summed E-state index contributed by atoms with van der Waals surface area (Å²) in [5.74, 6) is -0.982. The van der Waals surface area contributed by atoms with Gasteiger partial charge in [0.05, 0.1) is 0 Å². The molecule has 0 aliphatic carbocycles. The van der Waals surface area contributed by atoms with E-state index in [1.54, 1.807) is 12.3 Å². The van der Waals surface area contributed by atoms with Gasteiger partial charge in [-0.15, -0.1) is 0 Å². The molecule has 0 unspecified atom stereocenters. The van der Waals surface area contributed by atoms with Crippen molar-refractivity contribution >= 4 is 11.7 Å². The zero-order valence-electron chi connectivity index (χ0n) is 11.7. The average Bonchev–Trinajstić information content (AvgIpc) is 2.38. The lowest BCUT2D eigenvalue weighted by atomic mass is 9.83. The van der Waals surface area contributed by atoms with Crippen molar-refractivity contribution in [3.63, 3.8) is 0 Å². The van der Waals surface area contributed by atoms with Gasteiger partial charge in [0.25, 0.3) is 0 Å². The molecule has 1 aromatic rings. The van der Waals surface area contributed by atoms with Crippen LogP contribution in [-0.2, 0) is 0 Å². The van der Waals surface area contributed by atoms with Crippen molar-refractivity contribution in [1.82, 2.24) is 4.98 Å². The molecule has 1 aromatic heterocycles. The summed E-state index contributed by atoms with van der Waals surface area (Å²) in [5.41, 5.74) is 2.72. The zero-order chi connectivity index (χ0) is 14.0. The second-order valence-corrected chi connectivity index (χ2v) is 5.88. The molecular weight excluding hydrogens is 240 g/mol. The predicted octanol–water partition coefficient (Wildman–Crippen LogP) is 2.96. The van der Waals surface area contributed by atoms with Crippen molar-refractivity contribution in [1.29, 1.82) is 0 Å². The second kappa shape index (κ2) is 5.03. The minimum atomic E-state index is -0.982. The summed E-state index contributed by atoms with van der Waals surface area (Å²) >= 11 is 0. The Morgan fingerprint density at radius 3 is 2.68 bits per heavy atom. The maximum Gasteiger partial charge on any atom is 0.354 e. The first kappa shape index (κ1) is 13.6. The number of hydrogen-bond acceptors (Lipinski definition) is 3. The van der Waals surface area contributed by atoms with Gasteiger partial charge in [0, 0.05) is 25.0 Å². The van der Waals surface area contributed by atoms with E-state index in [9.17, 15) is 4.79 Å². The summed E-state index contributed by atoms with van der Waals surface area (Å²) in [6.45, 7) is 8.43. The lowest BCUT2D eigenvalue weighted by molar-refractivity contribution is 0.0690. The molecule has 0 radical (unpaired) electrons. The summed E-state index contributed by atoms with van der Waals surface area (Å²) in [4.78, 5) is 17.0. The van der Waals surface area contributed by atoms with Crippen molar-refractivity contribution in [2.45, 2.75) is 27.2 Å². The Morgan fingerprint density at radius 1 is 1.42 bits per heavy atom. The number of carboxylic acid groups (broad SMARTS) is 1. The summed E-state index contributed by atoms with van der Waals surface area (Å²) in [5, 5.41) is 8.96. The van der Waals surface area contributed by atoms with Crippen LogP contribution in [0.1, 0.15) is 37.7 Å². The molecule has 2 rings (SSSR count). The normalized spacial score (nSPS) is 16.2. The smallest absolute Gasteiger partial charge is 0.354 e. The third kappa shape index (κ3) is 3.13. The van der Waals surface area contributed by atoms with E-state index in [1.807, 2.05) is 6.07 Å². The summed E-state index contributed by atoms with van der Waals surface area (Å²) in [6, 6.07) is 3.50. The van der Waals surface area contributed by atoms with E-state index in [0.29, 0.717) is 0 Å². The van der Waals surface area contributed by atoms with Crippen LogP contribution in [0.2, 0.25) is 0 Å². The molecule has 0 saturated carbocycles. The second-order valence-electron chi connectivity index (χ2n) is 5.88. The molecule has 0 fully saturated rings. The van der Waals surface area contributed by atoms with Crippen LogP contribution in [-0.4, -0.2) is 29.1 Å². The first-order valence-electron chi connectivity index (χ1n) is 6.52. The Balaban J connectivity index is 2.16. The van der Waals surface area contributed by atoms with Crippen LogP contribution in [0.15, 0.2) is 30.0 Å². The molecule has 1 N–H and O–H groups in total. The van der Waals surface area contributed by atoms with Gasteiger partial charge in [-0.25, -0.2) is 9.78 Å². The third-order valence-corrected chi connectivity index (χ3v) is 3.50. The van der Waals surface area contributed by atoms with Gasteiger partial charge in [-0.05, 0) is 24.0 Å². The van der Waals surface area contributed by atoms with Gasteiger partial charge in [-0.3, -0.25) is 0 Å². The van der Waals surface area contributed by atoms with E-state index in [1.165, 1.54) is 5.57 Å². The van der Waals surface area contributed by atoms with E-state index in [-0.39, 0.29) is 11.1 Å². The highest BCUT2D eigenvalue weighted by molar-refractivity contribution is 5.86. The molecule has 1 aliphatic rings. The van der Waals surface area contributed by atoms with Crippen molar-refractivity contribution in [3.05, 3.63) is 35.7 Å². The minimum Gasteiger partial charge on any atom is -0.477 e. The van der Waals surface area contributed by atoms with E-state index >= 15 is 0 Å². The highest BCUT2D eigenvalue weighted by Crippen LogP contribution is 2.31. The zero-order valence-corrected chi connectivity index (χ0v) is 11.7. The van der Waals surface area contributed by atoms with Crippen molar-refractivity contribution in [3.8, 4) is 0 Å². The molecule has 1 aliphatic heterocycles. The topological polar surface area (TPSA) is 53.4 Å². The monoisotopic (exact) mass is 260 g/mol. The molecule has 0 atom stereocenters. The predicted molar refractivity (Wildman–Crippen MR) is 75.6 cm³/mol. The molecule has 4 heteroatoms. The standard InChI is InChI=1S/C15H20N2O2/c1-15(2,3)11-5-8-17(9-6-11)12-4-7-16-13(10-12)14(18)19/h4-5,7,10H,6,8-9H2,1-3H3,(H,18,19). The number of hydrogen-bond donors (Lipinski definition) is 1. The third-order valence-electron chi connectivity index (χ3n) is 3.50. The lowest BCUT2D eigenvalue weighted by Gasteiger charge is -2.33. The molecule has 0 saturated heterocycles. The molecule has 0 aromatic carbocycles. The Kier molecular flexibility index (Phi) is 3.60. The first-order chi connectivity index (χ1) is 8.88. The fourth-order valence-electron chi connectivity index (χ4n) is 2.32. The van der Waals surface area contributed by atoms with E-state index < -0.39 is 5.97 Å². The van der Waals surface area contributed by atoms with Crippen LogP contribution < -0.4 is 4.90 Å². The number of aromatic carboxylic acids is 1. The molecule has 0 spiro atoms. The molecule has 0 bridgehead atoms. The van der Waals surface area contributed by atoms with Crippen molar-refractivity contribution in [2.24, 2.45) is 5.41 Å². The summed E-state index contributed by atoms with van der Waals surface area (Å²) < 4.78 is 0. The van der Waals surface area contributed by atoms with Crippen molar-refractivity contribution < 1.29 is 9.90 Å². The summed E-state index contributed by atoms with van der Waals surface area (Å²) in [6.07, 6.45) is 4.83. The van der Waals surface area contributed by atoms with Gasteiger partial charge in [-0.1, -0.05) is 32.4 Å². The Morgan fingerprint density at radius 2 is 2.16 bits per heavy atom. The number of aromatic nitrogens is 1. The van der Waals surface area contributed by atoms with Crippen LogP contribution in [0.3, 0.4) is 0 Å². The lowest BCUT2D eigenvalue weighted by Crippen LogP contribution is -2.31. The highest BCUT2D eigenvalue weighted by atomic mass is 16.4. The fourth-order valence-corrected chi connectivity index (χ4v) is 2.32. The maximum absolute atomic E-state index is 10.9.